The van der Waals surface area contributed by atoms with E-state index in [1.807, 2.05) is 0 Å². The second kappa shape index (κ2) is 10.1. The topological polar surface area (TPSA) is 145 Å². The van der Waals surface area contributed by atoms with Crippen molar-refractivity contribution in [2.45, 2.75) is 50.2 Å². The third-order valence-corrected chi connectivity index (χ3v) is 6.78. The van der Waals surface area contributed by atoms with E-state index in [1.54, 1.807) is 25.7 Å². The van der Waals surface area contributed by atoms with E-state index in [-0.39, 0.29) is 29.8 Å². The number of benzene rings is 1. The lowest BCUT2D eigenvalue weighted by Gasteiger charge is -2.33. The number of carbonyl (C=O) groups excluding carboxylic acids is 3. The lowest BCUT2D eigenvalue weighted by molar-refractivity contribution is -0.137. The zero-order valence-corrected chi connectivity index (χ0v) is 20.2. The number of anilines is 1. The van der Waals surface area contributed by atoms with Gasteiger partial charge in [-0.25, -0.2) is 17.9 Å². The number of likely N-dealkylation sites (tertiary alicyclic amines) is 1. The summed E-state index contributed by atoms with van der Waals surface area (Å²) in [7, 11) is -3.79. The van der Waals surface area contributed by atoms with Gasteiger partial charge < -0.3 is 20.1 Å². The Bertz CT molecular complexity index is 1070. The van der Waals surface area contributed by atoms with Crippen LogP contribution in [0.4, 0.5) is 10.5 Å². The molecule has 0 saturated carbocycles. The highest BCUT2D eigenvalue weighted by Gasteiger charge is 2.31. The molecule has 1 fully saturated rings. The smallest absolute Gasteiger partial charge is 0.410 e. The highest BCUT2D eigenvalue weighted by atomic mass is 32.2. The summed E-state index contributed by atoms with van der Waals surface area (Å²) in [6.45, 7) is 5.72. The number of aliphatic hydroxyl groups is 1. The number of carbonyl (C=O) groups is 3. The Balaban J connectivity index is 1.56. The number of aliphatic hydroxyl groups excluding tert-OH is 1. The van der Waals surface area contributed by atoms with Crippen LogP contribution in [0.15, 0.2) is 40.9 Å². The molecule has 1 aromatic rings. The molecule has 0 spiro atoms. The highest BCUT2D eigenvalue weighted by molar-refractivity contribution is 7.89. The molecule has 3 amide bonds. The van der Waals surface area contributed by atoms with Gasteiger partial charge in [0.15, 0.2) is 0 Å². The van der Waals surface area contributed by atoms with Gasteiger partial charge in [0.05, 0.1) is 18.0 Å². The maximum atomic E-state index is 12.8. The van der Waals surface area contributed by atoms with Crippen molar-refractivity contribution in [3.63, 3.8) is 0 Å². The number of rotatable bonds is 7. The fourth-order valence-corrected chi connectivity index (χ4v) is 4.88. The third-order valence-electron chi connectivity index (χ3n) is 5.25. The summed E-state index contributed by atoms with van der Waals surface area (Å²) in [5.74, 6) is -1.09. The van der Waals surface area contributed by atoms with Crippen molar-refractivity contribution in [3.05, 3.63) is 36.0 Å². The van der Waals surface area contributed by atoms with E-state index in [2.05, 4.69) is 10.0 Å². The Morgan fingerprint density at radius 1 is 1.15 bits per heavy atom. The van der Waals surface area contributed by atoms with Crippen LogP contribution >= 0.6 is 0 Å². The van der Waals surface area contributed by atoms with Gasteiger partial charge in [-0.2, -0.15) is 0 Å². The molecule has 0 atom stereocenters. The molecule has 0 radical (unpaired) electrons. The second-order valence-electron chi connectivity index (χ2n) is 9.09. The summed E-state index contributed by atoms with van der Waals surface area (Å²) >= 11 is 0. The summed E-state index contributed by atoms with van der Waals surface area (Å²) in [5.41, 5.74) is -0.112. The Labute approximate surface area is 198 Å². The number of ether oxygens (including phenoxy) is 1. The van der Waals surface area contributed by atoms with Gasteiger partial charge in [-0.3, -0.25) is 14.5 Å². The maximum absolute atomic E-state index is 12.8. The molecule has 1 saturated heterocycles. The summed E-state index contributed by atoms with van der Waals surface area (Å²) in [6.07, 6.45) is 1.65. The Morgan fingerprint density at radius 2 is 1.76 bits per heavy atom. The van der Waals surface area contributed by atoms with Gasteiger partial charge in [0.1, 0.15) is 11.3 Å². The zero-order chi connectivity index (χ0) is 25.1. The van der Waals surface area contributed by atoms with Crippen molar-refractivity contribution in [1.82, 2.24) is 14.5 Å². The first kappa shape index (κ1) is 25.7. The molecule has 186 valence electrons. The average Bonchev–Trinajstić information content (AvgIpc) is 3.01. The first-order valence-electron chi connectivity index (χ1n) is 11.0. The Morgan fingerprint density at radius 3 is 2.32 bits per heavy atom. The van der Waals surface area contributed by atoms with Gasteiger partial charge in [0.25, 0.3) is 11.8 Å². The largest absolute Gasteiger partial charge is 0.444 e. The van der Waals surface area contributed by atoms with Crippen molar-refractivity contribution in [3.8, 4) is 0 Å². The third kappa shape index (κ3) is 6.33. The number of nitrogens with zero attached hydrogens (tertiary/aromatic N) is 2. The molecule has 0 unspecified atom stereocenters. The lowest BCUT2D eigenvalue weighted by atomic mass is 10.1. The minimum atomic E-state index is -3.79. The van der Waals surface area contributed by atoms with Crippen molar-refractivity contribution in [2.75, 3.05) is 31.6 Å². The summed E-state index contributed by atoms with van der Waals surface area (Å²) < 4.78 is 33.6. The van der Waals surface area contributed by atoms with E-state index < -0.39 is 33.5 Å². The monoisotopic (exact) mass is 494 g/mol. The molecule has 2 aliphatic rings. The van der Waals surface area contributed by atoms with Crippen LogP contribution < -0.4 is 10.0 Å². The number of amides is 3. The standard InChI is InChI=1S/C22H30N4O7S/c1-22(2,3)33-21(30)25-10-8-16(9-11-25)24-34(31,32)17-6-4-15(5-7-17)23-18-14-19(28)26(12-13-27)20(18)29/h4-7,14,16,23-24,27H,8-13H2,1-3H3. The van der Waals surface area contributed by atoms with Gasteiger partial charge in [0.2, 0.25) is 10.0 Å². The highest BCUT2D eigenvalue weighted by Crippen LogP contribution is 2.21. The summed E-state index contributed by atoms with van der Waals surface area (Å²) in [5, 5.41) is 11.8. The maximum Gasteiger partial charge on any atom is 0.410 e. The van der Waals surface area contributed by atoms with E-state index in [0.717, 1.165) is 11.0 Å². The molecule has 11 nitrogen and oxygen atoms in total. The fraction of sp³-hybridized carbons (Fsp3) is 0.500. The lowest BCUT2D eigenvalue weighted by Crippen LogP contribution is -2.47. The first-order chi connectivity index (χ1) is 15.9. The Hall–Kier alpha value is -2.96. The van der Waals surface area contributed by atoms with Crippen LogP contribution in [0.1, 0.15) is 33.6 Å². The summed E-state index contributed by atoms with van der Waals surface area (Å²) in [4.78, 5) is 38.8. The number of hydrogen-bond donors (Lipinski definition) is 3. The van der Waals surface area contributed by atoms with Gasteiger partial charge in [-0.15, -0.1) is 0 Å². The molecule has 12 heteroatoms. The molecule has 0 bridgehead atoms. The van der Waals surface area contributed by atoms with E-state index in [4.69, 9.17) is 9.84 Å². The Kier molecular flexibility index (Phi) is 7.64. The number of imide groups is 1. The number of sulfonamides is 1. The average molecular weight is 495 g/mol. The van der Waals surface area contributed by atoms with Gasteiger partial charge in [0, 0.05) is 30.9 Å². The van der Waals surface area contributed by atoms with Crippen LogP contribution in [0.2, 0.25) is 0 Å². The second-order valence-corrected chi connectivity index (χ2v) is 10.8. The molecule has 3 N–H and O–H groups in total. The molecule has 3 rings (SSSR count). The van der Waals surface area contributed by atoms with Crippen LogP contribution in [-0.4, -0.2) is 79.1 Å². The molecule has 2 heterocycles. The normalized spacial score (nSPS) is 17.7. The van der Waals surface area contributed by atoms with E-state index in [0.29, 0.717) is 31.6 Å². The van der Waals surface area contributed by atoms with Crippen LogP contribution in [0.5, 0.6) is 0 Å². The molecular weight excluding hydrogens is 464 g/mol. The predicted molar refractivity (Wildman–Crippen MR) is 123 cm³/mol. The zero-order valence-electron chi connectivity index (χ0n) is 19.4. The molecule has 0 aromatic heterocycles. The van der Waals surface area contributed by atoms with Crippen LogP contribution in [-0.2, 0) is 24.3 Å². The number of nitrogens with one attached hydrogen (secondary N) is 2. The first-order valence-corrected chi connectivity index (χ1v) is 12.4. The van der Waals surface area contributed by atoms with Gasteiger partial charge in [-0.05, 0) is 57.9 Å². The van der Waals surface area contributed by atoms with Crippen molar-refractivity contribution in [1.29, 1.82) is 0 Å². The van der Waals surface area contributed by atoms with Crippen LogP contribution in [0.25, 0.3) is 0 Å². The van der Waals surface area contributed by atoms with Crippen molar-refractivity contribution < 1.29 is 32.6 Å². The number of hydrogen-bond acceptors (Lipinski definition) is 8. The molecular formula is C22H30N4O7S. The van der Waals surface area contributed by atoms with E-state index in [1.165, 1.54) is 24.3 Å². The predicted octanol–water partition coefficient (Wildman–Crippen LogP) is 1.02. The van der Waals surface area contributed by atoms with E-state index in [9.17, 15) is 22.8 Å². The van der Waals surface area contributed by atoms with E-state index >= 15 is 0 Å². The summed E-state index contributed by atoms with van der Waals surface area (Å²) in [6, 6.07) is 5.47. The number of piperidine rings is 1. The molecule has 2 aliphatic heterocycles. The molecule has 1 aromatic carbocycles. The van der Waals surface area contributed by atoms with Crippen LogP contribution in [0, 0.1) is 0 Å². The number of β-amino-alcohol motifs (C(OH)–C–C–N with tert-alkyl or cyclic N) is 1. The van der Waals surface area contributed by atoms with Crippen molar-refractivity contribution in [2.24, 2.45) is 0 Å². The SMILES string of the molecule is CC(C)(C)OC(=O)N1CCC(NS(=O)(=O)c2ccc(NC3=CC(=O)N(CCO)C3=O)cc2)CC1. The quantitative estimate of drug-likeness (QED) is 0.477. The minimum Gasteiger partial charge on any atom is -0.444 e. The minimum absolute atomic E-state index is 0.0453. The fourth-order valence-electron chi connectivity index (χ4n) is 3.58. The van der Waals surface area contributed by atoms with Gasteiger partial charge in [-0.1, -0.05) is 0 Å². The molecule has 34 heavy (non-hydrogen) atoms. The van der Waals surface area contributed by atoms with Crippen LogP contribution in [0.3, 0.4) is 0 Å². The van der Waals surface area contributed by atoms with Crippen molar-refractivity contribution >= 4 is 33.6 Å². The molecule has 0 aliphatic carbocycles. The van der Waals surface area contributed by atoms with Gasteiger partial charge >= 0.3 is 6.09 Å².